The van der Waals surface area contributed by atoms with Crippen molar-refractivity contribution >= 4 is 11.9 Å². The highest BCUT2D eigenvalue weighted by Gasteiger charge is 2.12. The van der Waals surface area contributed by atoms with Crippen LogP contribution >= 0.6 is 0 Å². The van der Waals surface area contributed by atoms with Crippen LogP contribution in [0.2, 0.25) is 0 Å². The Kier molecular flexibility index (Phi) is 4.67. The zero-order valence-electron chi connectivity index (χ0n) is 12.8. The maximum absolute atomic E-state index is 13.2. The summed E-state index contributed by atoms with van der Waals surface area (Å²) in [6, 6.07) is 4.59. The van der Waals surface area contributed by atoms with Gasteiger partial charge in [0.1, 0.15) is 5.82 Å². The molecule has 0 aliphatic carbocycles. The number of nitrogens with zero attached hydrogens (tertiary/aromatic N) is 4. The van der Waals surface area contributed by atoms with E-state index in [2.05, 4.69) is 27.2 Å². The number of rotatable bonds is 5. The van der Waals surface area contributed by atoms with E-state index in [1.807, 2.05) is 25.9 Å². The third kappa shape index (κ3) is 3.65. The van der Waals surface area contributed by atoms with Crippen LogP contribution in [0.15, 0.2) is 18.2 Å². The molecule has 1 heterocycles. The lowest BCUT2D eigenvalue weighted by Gasteiger charge is -2.14. The van der Waals surface area contributed by atoms with Gasteiger partial charge in [-0.05, 0) is 37.1 Å². The van der Waals surface area contributed by atoms with Gasteiger partial charge >= 0.3 is 0 Å². The Labute approximate surface area is 124 Å². The van der Waals surface area contributed by atoms with Gasteiger partial charge in [0.25, 0.3) is 0 Å². The van der Waals surface area contributed by atoms with Gasteiger partial charge in [0.15, 0.2) is 5.82 Å². The first-order valence-electron chi connectivity index (χ1n) is 6.95. The minimum Gasteiger partial charge on any atom is -0.354 e. The monoisotopic (exact) mass is 289 g/mol. The van der Waals surface area contributed by atoms with Crippen molar-refractivity contribution in [3.05, 3.63) is 29.6 Å². The molecule has 0 atom stereocenters. The third-order valence-electron chi connectivity index (χ3n) is 2.99. The molecule has 6 heteroatoms. The summed E-state index contributed by atoms with van der Waals surface area (Å²) in [5, 5.41) is 3.17. The van der Waals surface area contributed by atoms with Crippen molar-refractivity contribution < 1.29 is 4.39 Å². The molecule has 0 amide bonds. The van der Waals surface area contributed by atoms with E-state index < -0.39 is 0 Å². The average molecular weight is 289 g/mol. The Hall–Kier alpha value is -2.24. The fraction of sp³-hybridized carbons (Fsp3) is 0.400. The molecule has 112 valence electrons. The lowest BCUT2D eigenvalue weighted by molar-refractivity contribution is 0.627. The first kappa shape index (κ1) is 15.2. The summed E-state index contributed by atoms with van der Waals surface area (Å²) < 4.78 is 13.2. The molecule has 2 rings (SSSR count). The average Bonchev–Trinajstić information content (AvgIpc) is 2.44. The van der Waals surface area contributed by atoms with Gasteiger partial charge < -0.3 is 10.2 Å². The number of benzene rings is 1. The number of anilines is 2. The van der Waals surface area contributed by atoms with E-state index in [4.69, 9.17) is 0 Å². The maximum atomic E-state index is 13.2. The quantitative estimate of drug-likeness (QED) is 0.917. The van der Waals surface area contributed by atoms with Crippen LogP contribution in [0.25, 0.3) is 11.4 Å². The number of aromatic nitrogens is 3. The van der Waals surface area contributed by atoms with Crippen molar-refractivity contribution in [2.24, 2.45) is 0 Å². The van der Waals surface area contributed by atoms with Gasteiger partial charge in [0.2, 0.25) is 11.9 Å². The second-order valence-corrected chi connectivity index (χ2v) is 5.06. The Morgan fingerprint density at radius 1 is 1.19 bits per heavy atom. The van der Waals surface area contributed by atoms with E-state index in [1.54, 1.807) is 6.07 Å². The summed E-state index contributed by atoms with van der Waals surface area (Å²) in [5.74, 6) is 1.39. The van der Waals surface area contributed by atoms with Gasteiger partial charge in [-0.1, -0.05) is 6.92 Å². The van der Waals surface area contributed by atoms with E-state index in [-0.39, 0.29) is 5.82 Å². The zero-order valence-corrected chi connectivity index (χ0v) is 12.8. The SMILES string of the molecule is CCCNc1nc(-c2ccc(F)cc2C)nc(N(C)C)n1. The summed E-state index contributed by atoms with van der Waals surface area (Å²) in [7, 11) is 3.75. The van der Waals surface area contributed by atoms with Gasteiger partial charge in [0.05, 0.1) is 0 Å². The molecule has 0 bridgehead atoms. The van der Waals surface area contributed by atoms with Crippen LogP contribution in [0.3, 0.4) is 0 Å². The topological polar surface area (TPSA) is 53.9 Å². The van der Waals surface area contributed by atoms with E-state index in [9.17, 15) is 4.39 Å². The van der Waals surface area contributed by atoms with E-state index in [0.717, 1.165) is 24.1 Å². The fourth-order valence-corrected chi connectivity index (χ4v) is 1.88. The molecule has 0 aliphatic heterocycles. The number of nitrogens with one attached hydrogen (secondary N) is 1. The highest BCUT2D eigenvalue weighted by Crippen LogP contribution is 2.23. The lowest BCUT2D eigenvalue weighted by Crippen LogP contribution is -2.16. The third-order valence-corrected chi connectivity index (χ3v) is 2.99. The molecule has 1 N–H and O–H groups in total. The molecule has 0 saturated heterocycles. The molecule has 0 aliphatic rings. The van der Waals surface area contributed by atoms with Crippen LogP contribution in [0.5, 0.6) is 0 Å². The summed E-state index contributed by atoms with van der Waals surface area (Å²) in [4.78, 5) is 15.1. The van der Waals surface area contributed by atoms with Crippen molar-refractivity contribution in [2.75, 3.05) is 30.9 Å². The molecule has 0 saturated carbocycles. The Morgan fingerprint density at radius 3 is 2.57 bits per heavy atom. The van der Waals surface area contributed by atoms with Crippen molar-refractivity contribution in [2.45, 2.75) is 20.3 Å². The van der Waals surface area contributed by atoms with E-state index >= 15 is 0 Å². The Balaban J connectivity index is 2.48. The minimum absolute atomic E-state index is 0.262. The molecular formula is C15H20FN5. The summed E-state index contributed by atoms with van der Waals surface area (Å²) in [6.07, 6.45) is 0.980. The van der Waals surface area contributed by atoms with Crippen LogP contribution in [0.4, 0.5) is 16.3 Å². The van der Waals surface area contributed by atoms with Gasteiger partial charge in [-0.2, -0.15) is 15.0 Å². The number of aryl methyl sites for hydroxylation is 1. The van der Waals surface area contributed by atoms with Crippen LogP contribution in [-0.2, 0) is 0 Å². The maximum Gasteiger partial charge on any atom is 0.230 e. The second kappa shape index (κ2) is 6.47. The number of hydrogen-bond donors (Lipinski definition) is 1. The predicted octanol–water partition coefficient (Wildman–Crippen LogP) is 2.87. The molecule has 0 radical (unpaired) electrons. The smallest absolute Gasteiger partial charge is 0.230 e. The molecule has 5 nitrogen and oxygen atoms in total. The second-order valence-electron chi connectivity index (χ2n) is 5.06. The zero-order chi connectivity index (χ0) is 15.4. The largest absolute Gasteiger partial charge is 0.354 e. The van der Waals surface area contributed by atoms with Crippen molar-refractivity contribution in [3.8, 4) is 11.4 Å². The molecule has 1 aromatic heterocycles. The fourth-order valence-electron chi connectivity index (χ4n) is 1.88. The van der Waals surface area contributed by atoms with Crippen LogP contribution in [-0.4, -0.2) is 35.6 Å². The summed E-state index contributed by atoms with van der Waals surface area (Å²) >= 11 is 0. The Bertz CT molecular complexity index is 627. The molecule has 21 heavy (non-hydrogen) atoms. The first-order valence-corrected chi connectivity index (χ1v) is 6.95. The van der Waals surface area contributed by atoms with E-state index in [0.29, 0.717) is 17.7 Å². The van der Waals surface area contributed by atoms with Crippen LogP contribution in [0.1, 0.15) is 18.9 Å². The Morgan fingerprint density at radius 2 is 1.95 bits per heavy atom. The molecule has 0 spiro atoms. The first-order chi connectivity index (χ1) is 10.0. The van der Waals surface area contributed by atoms with Gasteiger partial charge in [-0.3, -0.25) is 0 Å². The molecule has 0 unspecified atom stereocenters. The predicted molar refractivity (Wildman–Crippen MR) is 83.1 cm³/mol. The van der Waals surface area contributed by atoms with Crippen molar-refractivity contribution in [1.29, 1.82) is 0 Å². The number of halogens is 1. The lowest BCUT2D eigenvalue weighted by atomic mass is 10.1. The van der Waals surface area contributed by atoms with Crippen LogP contribution in [0, 0.1) is 12.7 Å². The summed E-state index contributed by atoms with van der Waals surface area (Å²) in [6.45, 7) is 4.71. The van der Waals surface area contributed by atoms with Crippen molar-refractivity contribution in [1.82, 2.24) is 15.0 Å². The highest BCUT2D eigenvalue weighted by molar-refractivity contribution is 5.62. The van der Waals surface area contributed by atoms with Crippen LogP contribution < -0.4 is 10.2 Å². The number of hydrogen-bond acceptors (Lipinski definition) is 5. The minimum atomic E-state index is -0.262. The highest BCUT2D eigenvalue weighted by atomic mass is 19.1. The molecule has 1 aromatic carbocycles. The van der Waals surface area contributed by atoms with E-state index in [1.165, 1.54) is 12.1 Å². The molecule has 2 aromatic rings. The van der Waals surface area contributed by atoms with Gasteiger partial charge in [0, 0.05) is 26.2 Å². The standard InChI is InChI=1S/C15H20FN5/c1-5-8-17-14-18-13(19-15(20-14)21(3)4)12-7-6-11(16)9-10(12)2/h6-7,9H,5,8H2,1-4H3,(H,17,18,19,20). The van der Waals surface area contributed by atoms with Crippen molar-refractivity contribution in [3.63, 3.8) is 0 Å². The summed E-state index contributed by atoms with van der Waals surface area (Å²) in [5.41, 5.74) is 1.61. The molecule has 0 fully saturated rings. The molecular weight excluding hydrogens is 269 g/mol. The van der Waals surface area contributed by atoms with Gasteiger partial charge in [-0.15, -0.1) is 0 Å². The normalized spacial score (nSPS) is 10.5. The van der Waals surface area contributed by atoms with Gasteiger partial charge in [-0.25, -0.2) is 4.39 Å².